The molecule has 0 aromatic heterocycles. The van der Waals surface area contributed by atoms with Crippen LogP contribution in [0.2, 0.25) is 0 Å². The first-order valence-electron chi connectivity index (χ1n) is 6.85. The van der Waals surface area contributed by atoms with Gasteiger partial charge in [-0.15, -0.1) is 0 Å². The lowest BCUT2D eigenvalue weighted by Crippen LogP contribution is -2.18. The fourth-order valence-electron chi connectivity index (χ4n) is 2.65. The maximum absolute atomic E-state index is 13.6. The number of carboxylic acid groups (broad SMARTS) is 1. The smallest absolute Gasteiger partial charge is 0.338 e. The molecule has 1 saturated carbocycles. The number of hydrogen-bond acceptors (Lipinski definition) is 2. The zero-order valence-corrected chi connectivity index (χ0v) is 11.2. The van der Waals surface area contributed by atoms with Gasteiger partial charge in [-0.1, -0.05) is 19.8 Å². The number of aromatic carboxylic acids is 1. The molecule has 3 nitrogen and oxygen atoms in total. The summed E-state index contributed by atoms with van der Waals surface area (Å²) < 4.78 is 13.6. The quantitative estimate of drug-likeness (QED) is 0.815. The second-order valence-electron chi connectivity index (χ2n) is 5.45. The van der Waals surface area contributed by atoms with Crippen LogP contribution in [0, 0.1) is 11.7 Å². The standard InChI is InChI=1S/C15H20FNO2/c1-10-3-2-4-11(6-5-10)17-12-7-8-13(15(18)19)14(16)9-12/h7-11,17H,2-6H2,1H3,(H,18,19). The molecule has 1 aromatic carbocycles. The normalized spacial score (nSPS) is 23.7. The Labute approximate surface area is 112 Å². The monoisotopic (exact) mass is 265 g/mol. The Morgan fingerprint density at radius 3 is 2.79 bits per heavy atom. The molecule has 2 unspecified atom stereocenters. The van der Waals surface area contributed by atoms with Gasteiger partial charge in [-0.25, -0.2) is 9.18 Å². The van der Waals surface area contributed by atoms with Crippen LogP contribution in [-0.2, 0) is 0 Å². The molecule has 1 fully saturated rings. The summed E-state index contributed by atoms with van der Waals surface area (Å²) in [7, 11) is 0. The molecule has 1 aliphatic rings. The van der Waals surface area contributed by atoms with Crippen molar-refractivity contribution in [2.75, 3.05) is 5.32 Å². The van der Waals surface area contributed by atoms with Crippen LogP contribution in [-0.4, -0.2) is 17.1 Å². The van der Waals surface area contributed by atoms with Crippen molar-refractivity contribution in [1.82, 2.24) is 0 Å². The van der Waals surface area contributed by atoms with Crippen molar-refractivity contribution >= 4 is 11.7 Å². The Balaban J connectivity index is 2.03. The summed E-state index contributed by atoms with van der Waals surface area (Å²) in [5.74, 6) is -1.15. The Morgan fingerprint density at radius 1 is 1.32 bits per heavy atom. The zero-order valence-electron chi connectivity index (χ0n) is 11.2. The molecule has 104 valence electrons. The summed E-state index contributed by atoms with van der Waals surface area (Å²) in [5.41, 5.74) is 0.391. The minimum absolute atomic E-state index is 0.278. The number of anilines is 1. The van der Waals surface area contributed by atoms with Gasteiger partial charge in [0.15, 0.2) is 0 Å². The first-order valence-corrected chi connectivity index (χ1v) is 6.85. The van der Waals surface area contributed by atoms with Crippen LogP contribution in [0.1, 0.15) is 49.4 Å². The number of hydrogen-bond donors (Lipinski definition) is 2. The van der Waals surface area contributed by atoms with E-state index < -0.39 is 11.8 Å². The third kappa shape index (κ3) is 3.69. The van der Waals surface area contributed by atoms with Crippen LogP contribution in [0.5, 0.6) is 0 Å². The lowest BCUT2D eigenvalue weighted by molar-refractivity contribution is 0.0692. The maximum Gasteiger partial charge on any atom is 0.338 e. The van der Waals surface area contributed by atoms with Gasteiger partial charge in [-0.05, 0) is 43.4 Å². The summed E-state index contributed by atoms with van der Waals surface area (Å²) in [6, 6.07) is 4.60. The zero-order chi connectivity index (χ0) is 13.8. The molecule has 19 heavy (non-hydrogen) atoms. The van der Waals surface area contributed by atoms with Crippen molar-refractivity contribution in [1.29, 1.82) is 0 Å². The molecular formula is C15H20FNO2. The van der Waals surface area contributed by atoms with E-state index in [1.165, 1.54) is 31.4 Å². The molecule has 1 aromatic rings. The van der Waals surface area contributed by atoms with E-state index >= 15 is 0 Å². The van der Waals surface area contributed by atoms with E-state index in [1.807, 2.05) is 0 Å². The summed E-state index contributed by atoms with van der Waals surface area (Å²) in [6.45, 7) is 2.27. The largest absolute Gasteiger partial charge is 0.478 e. The average molecular weight is 265 g/mol. The second kappa shape index (κ2) is 6.04. The van der Waals surface area contributed by atoms with Gasteiger partial charge in [0.25, 0.3) is 0 Å². The summed E-state index contributed by atoms with van der Waals surface area (Å²) in [5, 5.41) is 12.1. The van der Waals surface area contributed by atoms with E-state index in [0.29, 0.717) is 11.7 Å². The molecule has 2 N–H and O–H groups in total. The highest BCUT2D eigenvalue weighted by Gasteiger charge is 2.17. The number of carbonyl (C=O) groups is 1. The highest BCUT2D eigenvalue weighted by atomic mass is 19.1. The molecule has 0 spiro atoms. The molecule has 1 aliphatic carbocycles. The molecule has 0 saturated heterocycles. The van der Waals surface area contributed by atoms with Crippen LogP contribution >= 0.6 is 0 Å². The maximum atomic E-state index is 13.6. The molecule has 0 amide bonds. The number of nitrogens with one attached hydrogen (secondary N) is 1. The lowest BCUT2D eigenvalue weighted by atomic mass is 10.0. The van der Waals surface area contributed by atoms with Crippen molar-refractivity contribution in [2.24, 2.45) is 5.92 Å². The lowest BCUT2D eigenvalue weighted by Gasteiger charge is -2.18. The number of rotatable bonds is 3. The first kappa shape index (κ1) is 13.8. The van der Waals surface area contributed by atoms with Crippen molar-refractivity contribution < 1.29 is 14.3 Å². The highest BCUT2D eigenvalue weighted by molar-refractivity contribution is 5.88. The Hall–Kier alpha value is -1.58. The topological polar surface area (TPSA) is 49.3 Å². The number of halogens is 1. The molecule has 2 rings (SSSR count). The Bertz CT molecular complexity index is 461. The van der Waals surface area contributed by atoms with Crippen molar-refractivity contribution in [3.8, 4) is 0 Å². The van der Waals surface area contributed by atoms with Crippen molar-refractivity contribution in [2.45, 2.75) is 45.1 Å². The third-order valence-electron chi connectivity index (χ3n) is 3.83. The molecule has 2 atom stereocenters. The van der Waals surface area contributed by atoms with Crippen LogP contribution in [0.25, 0.3) is 0 Å². The van der Waals surface area contributed by atoms with E-state index in [4.69, 9.17) is 5.11 Å². The fraction of sp³-hybridized carbons (Fsp3) is 0.533. The SMILES string of the molecule is CC1CCCC(Nc2ccc(C(=O)O)c(F)c2)CC1. The first-order chi connectivity index (χ1) is 9.06. The fourth-order valence-corrected chi connectivity index (χ4v) is 2.65. The predicted octanol–water partition coefficient (Wildman–Crippen LogP) is 3.90. The molecule has 0 heterocycles. The van der Waals surface area contributed by atoms with Crippen LogP contribution in [0.4, 0.5) is 10.1 Å². The van der Waals surface area contributed by atoms with E-state index in [1.54, 1.807) is 6.07 Å². The summed E-state index contributed by atoms with van der Waals surface area (Å²) >= 11 is 0. The third-order valence-corrected chi connectivity index (χ3v) is 3.83. The molecular weight excluding hydrogens is 245 g/mol. The van der Waals surface area contributed by atoms with Crippen molar-refractivity contribution in [3.63, 3.8) is 0 Å². The van der Waals surface area contributed by atoms with Crippen molar-refractivity contribution in [3.05, 3.63) is 29.6 Å². The molecule has 0 radical (unpaired) electrons. The highest BCUT2D eigenvalue weighted by Crippen LogP contribution is 2.25. The van der Waals surface area contributed by atoms with E-state index in [-0.39, 0.29) is 5.56 Å². The van der Waals surface area contributed by atoms with Gasteiger partial charge in [0.1, 0.15) is 5.82 Å². The van der Waals surface area contributed by atoms with Gasteiger partial charge in [0, 0.05) is 11.7 Å². The van der Waals surface area contributed by atoms with Gasteiger partial charge in [0.05, 0.1) is 5.56 Å². The van der Waals surface area contributed by atoms with Gasteiger partial charge in [-0.3, -0.25) is 0 Å². The van der Waals surface area contributed by atoms with E-state index in [0.717, 1.165) is 18.8 Å². The van der Waals surface area contributed by atoms with Crippen LogP contribution < -0.4 is 5.32 Å². The van der Waals surface area contributed by atoms with E-state index in [9.17, 15) is 9.18 Å². The van der Waals surface area contributed by atoms with E-state index in [2.05, 4.69) is 12.2 Å². The minimum Gasteiger partial charge on any atom is -0.478 e. The molecule has 0 aliphatic heterocycles. The molecule has 0 bridgehead atoms. The minimum atomic E-state index is -1.23. The Morgan fingerprint density at radius 2 is 2.11 bits per heavy atom. The average Bonchev–Trinajstić information content (AvgIpc) is 2.54. The summed E-state index contributed by atoms with van der Waals surface area (Å²) in [6.07, 6.45) is 5.81. The molecule has 4 heteroatoms. The van der Waals surface area contributed by atoms with Gasteiger partial charge in [0.2, 0.25) is 0 Å². The number of carboxylic acids is 1. The van der Waals surface area contributed by atoms with Crippen LogP contribution in [0.3, 0.4) is 0 Å². The summed E-state index contributed by atoms with van der Waals surface area (Å²) in [4.78, 5) is 10.7. The predicted molar refractivity (Wildman–Crippen MR) is 73.0 cm³/mol. The van der Waals surface area contributed by atoms with Crippen LogP contribution in [0.15, 0.2) is 18.2 Å². The van der Waals surface area contributed by atoms with Gasteiger partial charge in [-0.2, -0.15) is 0 Å². The van der Waals surface area contributed by atoms with Gasteiger partial charge >= 0.3 is 5.97 Å². The van der Waals surface area contributed by atoms with Gasteiger partial charge < -0.3 is 10.4 Å². The number of benzene rings is 1. The second-order valence-corrected chi connectivity index (χ2v) is 5.45. The Kier molecular flexibility index (Phi) is 4.40.